The predicted octanol–water partition coefficient (Wildman–Crippen LogP) is 4.64. The number of nitrogens with one attached hydrogen (secondary N) is 1. The van der Waals surface area contributed by atoms with E-state index in [9.17, 15) is 15.0 Å². The number of rotatable bonds is 8. The van der Waals surface area contributed by atoms with E-state index in [-0.39, 0.29) is 23.2 Å². The van der Waals surface area contributed by atoms with E-state index in [1.807, 2.05) is 12.1 Å². The van der Waals surface area contributed by atoms with Crippen molar-refractivity contribution in [2.24, 2.45) is 5.10 Å². The van der Waals surface area contributed by atoms with Crippen LogP contribution in [0.25, 0.3) is 10.8 Å². The molecule has 1 heterocycles. The van der Waals surface area contributed by atoms with Crippen molar-refractivity contribution in [2.75, 3.05) is 5.75 Å². The highest BCUT2D eigenvalue weighted by Gasteiger charge is 2.10. The number of hydrazone groups is 1. The van der Waals surface area contributed by atoms with Gasteiger partial charge in [0.05, 0.1) is 12.0 Å². The number of fused-ring (bicyclic) bond motifs is 1. The van der Waals surface area contributed by atoms with Crippen LogP contribution in [0.4, 0.5) is 0 Å². The van der Waals surface area contributed by atoms with Crippen molar-refractivity contribution in [3.05, 3.63) is 71.8 Å². The van der Waals surface area contributed by atoms with Crippen molar-refractivity contribution in [1.82, 2.24) is 15.6 Å². The zero-order valence-electron chi connectivity index (χ0n) is 16.6. The van der Waals surface area contributed by atoms with Crippen LogP contribution in [-0.2, 0) is 10.5 Å². The first-order valence-corrected chi connectivity index (χ1v) is 12.3. The van der Waals surface area contributed by atoms with Gasteiger partial charge in [-0.1, -0.05) is 77.3 Å². The zero-order valence-corrected chi connectivity index (χ0v) is 19.1. The van der Waals surface area contributed by atoms with E-state index in [0.29, 0.717) is 9.90 Å². The number of aromatic hydroxyl groups is 2. The minimum atomic E-state index is -0.301. The van der Waals surface area contributed by atoms with Gasteiger partial charge in [0.1, 0.15) is 11.5 Å². The molecule has 4 aromatic rings. The van der Waals surface area contributed by atoms with E-state index < -0.39 is 0 Å². The average Bonchev–Trinajstić information content (AvgIpc) is 3.25. The zero-order chi connectivity index (χ0) is 22.3. The average molecular weight is 483 g/mol. The van der Waals surface area contributed by atoms with Gasteiger partial charge in [-0.05, 0) is 28.5 Å². The smallest absolute Gasteiger partial charge is 0.250 e. The second-order valence-electron chi connectivity index (χ2n) is 6.59. The highest BCUT2D eigenvalue weighted by Crippen LogP contribution is 2.32. The highest BCUT2D eigenvalue weighted by molar-refractivity contribution is 8.03. The molecule has 0 spiro atoms. The largest absolute Gasteiger partial charge is 0.508 e. The molecule has 1 aromatic heterocycles. The molecule has 1 amide bonds. The molecule has 0 aliphatic carbocycles. The number of carbonyl (C=O) groups is 1. The van der Waals surface area contributed by atoms with E-state index in [4.69, 9.17) is 0 Å². The molecule has 0 bridgehead atoms. The Morgan fingerprint density at radius 2 is 1.81 bits per heavy atom. The Morgan fingerprint density at radius 3 is 2.66 bits per heavy atom. The molecule has 7 nitrogen and oxygen atoms in total. The normalized spacial score (nSPS) is 11.2. The van der Waals surface area contributed by atoms with Gasteiger partial charge < -0.3 is 10.2 Å². The summed E-state index contributed by atoms with van der Waals surface area (Å²) in [6.45, 7) is 0. The van der Waals surface area contributed by atoms with Gasteiger partial charge in [0.25, 0.3) is 5.91 Å². The number of phenols is 2. The van der Waals surface area contributed by atoms with Crippen LogP contribution in [0.15, 0.2) is 74.4 Å². The van der Waals surface area contributed by atoms with Crippen LogP contribution in [0.3, 0.4) is 0 Å². The molecule has 162 valence electrons. The molecule has 3 N–H and O–H groups in total. The molecule has 0 radical (unpaired) electrons. The molecule has 3 aromatic carbocycles. The van der Waals surface area contributed by atoms with E-state index in [1.165, 1.54) is 63.8 Å². The Morgan fingerprint density at radius 1 is 1.03 bits per heavy atom. The monoisotopic (exact) mass is 482 g/mol. The van der Waals surface area contributed by atoms with Gasteiger partial charge >= 0.3 is 0 Å². The van der Waals surface area contributed by atoms with Gasteiger partial charge in [0.15, 0.2) is 8.68 Å². The summed E-state index contributed by atoms with van der Waals surface area (Å²) in [5.41, 5.74) is 4.03. The number of amides is 1. The lowest BCUT2D eigenvalue weighted by Gasteiger charge is -2.04. The van der Waals surface area contributed by atoms with E-state index >= 15 is 0 Å². The van der Waals surface area contributed by atoms with Crippen LogP contribution in [0.2, 0.25) is 0 Å². The highest BCUT2D eigenvalue weighted by atomic mass is 32.2. The molecule has 0 fully saturated rings. The fourth-order valence-electron chi connectivity index (χ4n) is 2.85. The molecule has 32 heavy (non-hydrogen) atoms. The Hall–Kier alpha value is -3.08. The molecule has 0 saturated carbocycles. The van der Waals surface area contributed by atoms with Crippen LogP contribution < -0.4 is 5.43 Å². The van der Waals surface area contributed by atoms with E-state index in [2.05, 4.69) is 51.1 Å². The lowest BCUT2D eigenvalue weighted by Crippen LogP contribution is -2.19. The topological polar surface area (TPSA) is 108 Å². The van der Waals surface area contributed by atoms with Gasteiger partial charge in [-0.2, -0.15) is 5.10 Å². The first kappa shape index (κ1) is 22.1. The summed E-state index contributed by atoms with van der Waals surface area (Å²) in [6, 6.07) is 18.7. The summed E-state index contributed by atoms with van der Waals surface area (Å²) in [6.07, 6.45) is 1.31. The van der Waals surface area contributed by atoms with Crippen molar-refractivity contribution in [2.45, 2.75) is 14.4 Å². The van der Waals surface area contributed by atoms with Crippen LogP contribution in [0, 0.1) is 0 Å². The Balaban J connectivity index is 1.26. The van der Waals surface area contributed by atoms with Crippen molar-refractivity contribution in [3.8, 4) is 11.5 Å². The predicted molar refractivity (Wildman–Crippen MR) is 130 cm³/mol. The number of benzene rings is 3. The first-order chi connectivity index (χ1) is 15.6. The van der Waals surface area contributed by atoms with Crippen LogP contribution >= 0.6 is 34.9 Å². The van der Waals surface area contributed by atoms with Gasteiger partial charge in [0, 0.05) is 17.4 Å². The van der Waals surface area contributed by atoms with Crippen LogP contribution in [0.5, 0.6) is 11.5 Å². The second kappa shape index (κ2) is 10.5. The number of aromatic nitrogens is 2. The molecule has 0 aliphatic rings. The molecule has 4 rings (SSSR count). The third kappa shape index (κ3) is 5.78. The standard InChI is InChI=1S/C22H18N4O3S3/c27-17-9-8-15(19(28)10-17)11-23-24-20(29)13-31-22-26-25-21(32-22)30-12-16-6-3-5-14-4-1-2-7-18(14)16/h1-11,27-28H,12-13H2,(H,24,29). The van der Waals surface area contributed by atoms with E-state index in [1.54, 1.807) is 11.8 Å². The fraction of sp³-hybridized carbons (Fsp3) is 0.0909. The summed E-state index contributed by atoms with van der Waals surface area (Å²) >= 11 is 4.36. The number of carbonyl (C=O) groups excluding carboxylic acids is 1. The van der Waals surface area contributed by atoms with Gasteiger partial charge in [-0.25, -0.2) is 5.43 Å². The molecule has 0 atom stereocenters. The number of thioether (sulfide) groups is 2. The summed E-state index contributed by atoms with van der Waals surface area (Å²) in [4.78, 5) is 12.0. The number of hydrogen-bond acceptors (Lipinski definition) is 9. The molecular formula is C22H18N4O3S3. The van der Waals surface area contributed by atoms with E-state index in [0.717, 1.165) is 10.1 Å². The summed E-state index contributed by atoms with van der Waals surface area (Å²) in [5, 5.41) is 33.6. The molecule has 10 heteroatoms. The summed E-state index contributed by atoms with van der Waals surface area (Å²) in [7, 11) is 0. The fourth-order valence-corrected chi connectivity index (χ4v) is 5.66. The number of nitrogens with zero attached hydrogens (tertiary/aromatic N) is 3. The minimum absolute atomic E-state index is 0.0493. The van der Waals surface area contributed by atoms with Crippen molar-refractivity contribution >= 4 is 57.8 Å². The molecule has 0 saturated heterocycles. The summed E-state index contributed by atoms with van der Waals surface area (Å²) in [5.74, 6) is 0.456. The SMILES string of the molecule is O=C(CSc1nnc(SCc2cccc3ccccc23)s1)NN=Cc1ccc(O)cc1O. The minimum Gasteiger partial charge on any atom is -0.508 e. The Kier molecular flexibility index (Phi) is 7.25. The lowest BCUT2D eigenvalue weighted by atomic mass is 10.1. The Labute approximate surface area is 196 Å². The lowest BCUT2D eigenvalue weighted by molar-refractivity contribution is -0.118. The second-order valence-corrected chi connectivity index (χ2v) is 10.0. The number of hydrogen-bond donors (Lipinski definition) is 3. The molecule has 0 unspecified atom stereocenters. The Bertz CT molecular complexity index is 1270. The van der Waals surface area contributed by atoms with Gasteiger partial charge in [-0.15, -0.1) is 10.2 Å². The quantitative estimate of drug-likeness (QED) is 0.191. The maximum Gasteiger partial charge on any atom is 0.250 e. The van der Waals surface area contributed by atoms with Crippen LogP contribution in [-0.4, -0.2) is 38.3 Å². The first-order valence-electron chi connectivity index (χ1n) is 9.48. The maximum absolute atomic E-state index is 12.0. The van der Waals surface area contributed by atoms with Gasteiger partial charge in [0.2, 0.25) is 0 Å². The summed E-state index contributed by atoms with van der Waals surface area (Å²) < 4.78 is 1.56. The third-order valence-corrected chi connectivity index (χ3v) is 7.59. The third-order valence-electron chi connectivity index (χ3n) is 4.35. The van der Waals surface area contributed by atoms with Crippen molar-refractivity contribution in [3.63, 3.8) is 0 Å². The van der Waals surface area contributed by atoms with Crippen LogP contribution in [0.1, 0.15) is 11.1 Å². The maximum atomic E-state index is 12.0. The molecular weight excluding hydrogens is 464 g/mol. The van der Waals surface area contributed by atoms with Crippen molar-refractivity contribution in [1.29, 1.82) is 0 Å². The number of phenolic OH excluding ortho intramolecular Hbond substituents is 2. The van der Waals surface area contributed by atoms with Gasteiger partial charge in [-0.3, -0.25) is 4.79 Å². The molecule has 0 aliphatic heterocycles. The van der Waals surface area contributed by atoms with Crippen molar-refractivity contribution < 1.29 is 15.0 Å².